The highest BCUT2D eigenvalue weighted by atomic mass is 32.2. The van der Waals surface area contributed by atoms with Crippen molar-refractivity contribution in [3.8, 4) is 0 Å². The number of aryl methyl sites for hydroxylation is 1. The van der Waals surface area contributed by atoms with Gasteiger partial charge in [0.1, 0.15) is 0 Å². The van der Waals surface area contributed by atoms with Crippen molar-refractivity contribution in [1.82, 2.24) is 0 Å². The number of halogens is 7. The molecular formula is C10H8F7NO2S. The van der Waals surface area contributed by atoms with E-state index in [-0.39, 0.29) is 6.07 Å². The Kier molecular flexibility index (Phi) is 4.07. The van der Waals surface area contributed by atoms with Crippen LogP contribution in [0.2, 0.25) is 0 Å². The van der Waals surface area contributed by atoms with Crippen LogP contribution in [0.5, 0.6) is 0 Å². The normalized spacial score (nSPS) is 14.3. The molecule has 0 amide bonds. The molecule has 0 aromatic heterocycles. The largest absolute Gasteiger partial charge is 0.435 e. The van der Waals surface area contributed by atoms with E-state index >= 15 is 0 Å². The Labute approximate surface area is 114 Å². The first kappa shape index (κ1) is 17.7. The van der Waals surface area contributed by atoms with E-state index in [2.05, 4.69) is 0 Å². The number of hydrogen-bond acceptors (Lipinski definition) is 2. The molecule has 0 aliphatic rings. The molecule has 120 valence electrons. The molecule has 21 heavy (non-hydrogen) atoms. The van der Waals surface area contributed by atoms with E-state index in [1.54, 1.807) is 0 Å². The number of rotatable bonds is 2. The summed E-state index contributed by atoms with van der Waals surface area (Å²) in [6.45, 7) is 0.718. The van der Waals surface area contributed by atoms with Gasteiger partial charge in [-0.3, -0.25) is 0 Å². The van der Waals surface area contributed by atoms with Crippen molar-refractivity contribution in [2.45, 2.75) is 29.8 Å². The first-order chi connectivity index (χ1) is 9.12. The van der Waals surface area contributed by atoms with Crippen LogP contribution in [0.25, 0.3) is 0 Å². The second kappa shape index (κ2) is 4.83. The molecule has 0 aliphatic heterocycles. The van der Waals surface area contributed by atoms with E-state index in [0.717, 1.165) is 6.92 Å². The summed E-state index contributed by atoms with van der Waals surface area (Å²) in [5, 5.41) is 4.69. The summed E-state index contributed by atoms with van der Waals surface area (Å²) >= 11 is 0. The maximum absolute atomic E-state index is 13.8. The summed E-state index contributed by atoms with van der Waals surface area (Å²) in [6, 6.07) is 0.927. The van der Waals surface area contributed by atoms with Crippen molar-refractivity contribution >= 4 is 10.0 Å². The molecule has 0 atom stereocenters. The van der Waals surface area contributed by atoms with Gasteiger partial charge in [-0.1, -0.05) is 6.07 Å². The maximum Gasteiger partial charge on any atom is 0.435 e. The van der Waals surface area contributed by atoms with Gasteiger partial charge in [-0.05, 0) is 24.6 Å². The van der Waals surface area contributed by atoms with Gasteiger partial charge in [0.25, 0.3) is 0 Å². The van der Waals surface area contributed by atoms with Crippen LogP contribution in [0.1, 0.15) is 11.1 Å². The Bertz CT molecular complexity index is 634. The van der Waals surface area contributed by atoms with Crippen molar-refractivity contribution < 1.29 is 39.2 Å². The third-order valence-electron chi connectivity index (χ3n) is 2.68. The molecule has 3 nitrogen and oxygen atoms in total. The van der Waals surface area contributed by atoms with Crippen LogP contribution in [-0.2, 0) is 15.7 Å². The van der Waals surface area contributed by atoms with Crippen molar-refractivity contribution in [1.29, 1.82) is 0 Å². The molecule has 0 spiro atoms. The Balaban J connectivity index is 3.64. The van der Waals surface area contributed by atoms with Crippen LogP contribution in [0.4, 0.5) is 30.7 Å². The molecule has 0 saturated carbocycles. The maximum atomic E-state index is 13.8. The molecule has 11 heteroatoms. The quantitative estimate of drug-likeness (QED) is 0.842. The SMILES string of the molecule is Cc1cc(S(N)(=O)=O)ccc1C(F)(C(F)(F)F)C(F)(F)F. The van der Waals surface area contributed by atoms with E-state index in [1.165, 1.54) is 0 Å². The predicted octanol–water partition coefficient (Wildman–Crippen LogP) is 2.93. The lowest BCUT2D eigenvalue weighted by Crippen LogP contribution is -2.50. The van der Waals surface area contributed by atoms with Gasteiger partial charge in [0, 0.05) is 5.56 Å². The summed E-state index contributed by atoms with van der Waals surface area (Å²) in [4.78, 5) is -0.726. The minimum absolute atomic E-state index is 0.107. The second-order valence-electron chi connectivity index (χ2n) is 4.18. The van der Waals surface area contributed by atoms with Crippen molar-refractivity contribution in [3.05, 3.63) is 29.3 Å². The minimum Gasteiger partial charge on any atom is -0.225 e. The van der Waals surface area contributed by atoms with Gasteiger partial charge >= 0.3 is 18.0 Å². The highest BCUT2D eigenvalue weighted by Crippen LogP contribution is 2.54. The van der Waals surface area contributed by atoms with Crippen molar-refractivity contribution in [3.63, 3.8) is 0 Å². The monoisotopic (exact) mass is 339 g/mol. The molecule has 0 fully saturated rings. The summed E-state index contributed by atoms with van der Waals surface area (Å²) in [6.07, 6.45) is -12.5. The highest BCUT2D eigenvalue weighted by Gasteiger charge is 2.73. The fourth-order valence-electron chi connectivity index (χ4n) is 1.67. The van der Waals surface area contributed by atoms with Crippen molar-refractivity contribution in [2.75, 3.05) is 0 Å². The van der Waals surface area contributed by atoms with Crippen LogP contribution in [0.3, 0.4) is 0 Å². The Hall–Kier alpha value is -1.36. The minimum atomic E-state index is -6.26. The average molecular weight is 339 g/mol. The van der Waals surface area contributed by atoms with Gasteiger partial charge in [0.2, 0.25) is 10.0 Å². The van der Waals surface area contributed by atoms with Crippen LogP contribution >= 0.6 is 0 Å². The number of hydrogen-bond donors (Lipinski definition) is 1. The molecule has 1 aromatic rings. The fourth-order valence-corrected chi connectivity index (χ4v) is 2.26. The van der Waals surface area contributed by atoms with E-state index in [1.807, 2.05) is 0 Å². The zero-order valence-electron chi connectivity index (χ0n) is 10.2. The lowest BCUT2D eigenvalue weighted by Gasteiger charge is -2.31. The van der Waals surface area contributed by atoms with Gasteiger partial charge in [-0.25, -0.2) is 17.9 Å². The Morgan fingerprint density at radius 3 is 1.67 bits per heavy atom. The lowest BCUT2D eigenvalue weighted by molar-refractivity contribution is -0.348. The van der Waals surface area contributed by atoms with Gasteiger partial charge in [0.15, 0.2) is 0 Å². The van der Waals surface area contributed by atoms with Gasteiger partial charge in [-0.2, -0.15) is 26.3 Å². The number of primary sulfonamides is 1. The summed E-state index contributed by atoms with van der Waals surface area (Å²) in [5.41, 5.74) is -8.20. The van der Waals surface area contributed by atoms with E-state index < -0.39 is 44.1 Å². The average Bonchev–Trinajstić information content (AvgIpc) is 2.23. The molecule has 0 aliphatic carbocycles. The number of benzene rings is 1. The van der Waals surface area contributed by atoms with Crippen molar-refractivity contribution in [2.24, 2.45) is 5.14 Å². The summed E-state index contributed by atoms with van der Waals surface area (Å²) in [7, 11) is -4.34. The molecule has 0 saturated heterocycles. The highest BCUT2D eigenvalue weighted by molar-refractivity contribution is 7.89. The van der Waals surface area contributed by atoms with Crippen LogP contribution in [0, 0.1) is 6.92 Å². The third kappa shape index (κ3) is 2.98. The standard InChI is InChI=1S/C10H8F7NO2S/c1-5-4-6(21(18,19)20)2-3-7(5)8(11,9(12,13)14)10(15,16)17/h2-4H,1H3,(H2,18,19,20). The van der Waals surface area contributed by atoms with Crippen LogP contribution < -0.4 is 5.14 Å². The first-order valence-corrected chi connectivity index (χ1v) is 6.63. The second-order valence-corrected chi connectivity index (χ2v) is 5.74. The zero-order chi connectivity index (χ0) is 16.9. The molecule has 2 N–H and O–H groups in total. The van der Waals surface area contributed by atoms with Gasteiger partial charge in [0.05, 0.1) is 4.90 Å². The van der Waals surface area contributed by atoms with Gasteiger partial charge in [-0.15, -0.1) is 0 Å². The zero-order valence-corrected chi connectivity index (χ0v) is 11.0. The third-order valence-corrected chi connectivity index (χ3v) is 3.59. The van der Waals surface area contributed by atoms with E-state index in [0.29, 0.717) is 12.1 Å². The lowest BCUT2D eigenvalue weighted by atomic mass is 9.90. The summed E-state index contributed by atoms with van der Waals surface area (Å²) in [5.74, 6) is 0. The van der Waals surface area contributed by atoms with E-state index in [4.69, 9.17) is 5.14 Å². The van der Waals surface area contributed by atoms with Crippen LogP contribution in [0.15, 0.2) is 23.1 Å². The molecule has 1 rings (SSSR count). The molecular weight excluding hydrogens is 331 g/mol. The van der Waals surface area contributed by atoms with Crippen LogP contribution in [-0.4, -0.2) is 20.8 Å². The molecule has 0 unspecified atom stereocenters. The van der Waals surface area contributed by atoms with E-state index in [9.17, 15) is 39.2 Å². The number of alkyl halides is 7. The summed E-state index contributed by atoms with van der Waals surface area (Å²) < 4.78 is 111. The molecule has 0 radical (unpaired) electrons. The Morgan fingerprint density at radius 2 is 1.38 bits per heavy atom. The van der Waals surface area contributed by atoms with Gasteiger partial charge < -0.3 is 0 Å². The predicted molar refractivity (Wildman–Crippen MR) is 57.4 cm³/mol. The smallest absolute Gasteiger partial charge is 0.225 e. The molecule has 1 aromatic carbocycles. The number of nitrogens with two attached hydrogens (primary N) is 1. The first-order valence-electron chi connectivity index (χ1n) is 5.08. The molecule has 0 bridgehead atoms. The fraction of sp³-hybridized carbons (Fsp3) is 0.400. The topological polar surface area (TPSA) is 60.2 Å². The Morgan fingerprint density at radius 1 is 0.952 bits per heavy atom. The molecule has 0 heterocycles. The number of sulfonamides is 1.